The number of anilines is 1. The van der Waals surface area contributed by atoms with Crippen molar-refractivity contribution in [3.05, 3.63) is 77.7 Å². The molecule has 0 saturated heterocycles. The lowest BCUT2D eigenvalue weighted by atomic mass is 10.0. The summed E-state index contributed by atoms with van der Waals surface area (Å²) in [4.78, 5) is 41.2. The van der Waals surface area contributed by atoms with Crippen molar-refractivity contribution >= 4 is 34.5 Å². The normalized spacial score (nSPS) is 12.2. The van der Waals surface area contributed by atoms with Gasteiger partial charge in [0.15, 0.2) is 6.04 Å². The summed E-state index contributed by atoms with van der Waals surface area (Å²) in [7, 11) is 1.30. The summed E-state index contributed by atoms with van der Waals surface area (Å²) >= 11 is 0. The van der Waals surface area contributed by atoms with Gasteiger partial charge in [-0.2, -0.15) is 0 Å². The summed E-state index contributed by atoms with van der Waals surface area (Å²) < 4.78 is 12.2. The number of carbonyl (C=O) groups is 3. The summed E-state index contributed by atoms with van der Waals surface area (Å²) in [6, 6.07) is 15.9. The number of benzene rings is 2. The lowest BCUT2D eigenvalue weighted by molar-refractivity contribution is -0.128. The first-order valence-electron chi connectivity index (χ1n) is 12.3. The first-order chi connectivity index (χ1) is 18.1. The van der Waals surface area contributed by atoms with E-state index in [-0.39, 0.29) is 6.54 Å². The van der Waals surface area contributed by atoms with Gasteiger partial charge in [-0.1, -0.05) is 24.3 Å². The van der Waals surface area contributed by atoms with Crippen LogP contribution < -0.4 is 10.2 Å². The van der Waals surface area contributed by atoms with Gasteiger partial charge in [-0.25, -0.2) is 9.48 Å². The lowest BCUT2D eigenvalue weighted by Crippen LogP contribution is -2.51. The van der Waals surface area contributed by atoms with Gasteiger partial charge >= 0.3 is 5.97 Å². The number of hydrogen-bond acceptors (Lipinski definition) is 7. The first kappa shape index (κ1) is 26.6. The Bertz CT molecular complexity index is 1450. The molecule has 198 valence electrons. The summed E-state index contributed by atoms with van der Waals surface area (Å²) in [6.45, 7) is 7.38. The topological polar surface area (TPSA) is 120 Å². The molecule has 0 aliphatic rings. The van der Waals surface area contributed by atoms with E-state index in [0.717, 1.165) is 0 Å². The third-order valence-corrected chi connectivity index (χ3v) is 6.42. The van der Waals surface area contributed by atoms with Crippen molar-refractivity contribution in [1.82, 2.24) is 20.3 Å². The average molecular weight is 518 g/mol. The van der Waals surface area contributed by atoms with Crippen LogP contribution in [0.2, 0.25) is 0 Å². The largest absolute Gasteiger partial charge is 0.465 e. The highest BCUT2D eigenvalue weighted by Crippen LogP contribution is 2.31. The fourth-order valence-electron chi connectivity index (χ4n) is 4.02. The van der Waals surface area contributed by atoms with Crippen LogP contribution >= 0.6 is 0 Å². The van der Waals surface area contributed by atoms with Crippen LogP contribution in [0.5, 0.6) is 0 Å². The second-order valence-corrected chi connectivity index (χ2v) is 9.62. The number of nitrogens with one attached hydrogen (secondary N) is 1. The van der Waals surface area contributed by atoms with Crippen LogP contribution in [0.1, 0.15) is 55.1 Å². The van der Waals surface area contributed by atoms with Gasteiger partial charge in [0.25, 0.3) is 5.91 Å². The van der Waals surface area contributed by atoms with Gasteiger partial charge in [-0.3, -0.25) is 14.5 Å². The number of amides is 2. The molecule has 1 atom stereocenters. The number of rotatable bonds is 9. The number of fused-ring (bicyclic) bond motifs is 1. The Balaban J connectivity index is 1.81. The monoisotopic (exact) mass is 517 g/mol. The number of furan rings is 1. The second-order valence-electron chi connectivity index (χ2n) is 9.62. The van der Waals surface area contributed by atoms with Crippen LogP contribution in [0.25, 0.3) is 11.0 Å². The van der Waals surface area contributed by atoms with E-state index in [1.165, 1.54) is 16.7 Å². The van der Waals surface area contributed by atoms with E-state index in [2.05, 4.69) is 15.6 Å². The zero-order valence-corrected chi connectivity index (χ0v) is 22.1. The van der Waals surface area contributed by atoms with Gasteiger partial charge in [0.2, 0.25) is 5.91 Å². The molecular formula is C28H31N5O5. The molecule has 0 unspecified atom stereocenters. The minimum Gasteiger partial charge on any atom is -0.465 e. The molecule has 0 bridgehead atoms. The molecule has 0 saturated carbocycles. The fourth-order valence-corrected chi connectivity index (χ4v) is 4.02. The number of methoxy groups -OCH3 is 1. The molecule has 0 spiro atoms. The predicted octanol–water partition coefficient (Wildman–Crippen LogP) is 4.20. The maximum absolute atomic E-state index is 14.0. The van der Waals surface area contributed by atoms with Crippen LogP contribution in [0, 0.1) is 6.92 Å². The maximum atomic E-state index is 14.0. The average Bonchev–Trinajstić information content (AvgIpc) is 3.52. The van der Waals surface area contributed by atoms with Crippen LogP contribution in [-0.4, -0.2) is 45.4 Å². The summed E-state index contributed by atoms with van der Waals surface area (Å²) in [5, 5.41) is 11.3. The van der Waals surface area contributed by atoms with Crippen molar-refractivity contribution < 1.29 is 23.5 Å². The Hall–Kier alpha value is -4.47. The summed E-state index contributed by atoms with van der Waals surface area (Å²) in [5.41, 5.74) is 1.52. The molecule has 2 heterocycles. The van der Waals surface area contributed by atoms with Gasteiger partial charge in [-0.05, 0) is 75.7 Å². The number of carbonyl (C=O) groups excluding carboxylic acids is 3. The quantitative estimate of drug-likeness (QED) is 0.331. The molecule has 38 heavy (non-hydrogen) atoms. The Kier molecular flexibility index (Phi) is 7.61. The second kappa shape index (κ2) is 10.9. The lowest BCUT2D eigenvalue weighted by Gasteiger charge is -2.33. The summed E-state index contributed by atoms with van der Waals surface area (Å²) in [6.07, 6.45) is 0.676. The smallest absolute Gasteiger partial charge is 0.337 e. The van der Waals surface area contributed by atoms with Crippen molar-refractivity contribution in [3.8, 4) is 0 Å². The van der Waals surface area contributed by atoms with Crippen molar-refractivity contribution in [2.24, 2.45) is 0 Å². The molecule has 0 aliphatic heterocycles. The van der Waals surface area contributed by atoms with E-state index in [4.69, 9.17) is 9.15 Å². The zero-order chi connectivity index (χ0) is 27.4. The molecular weight excluding hydrogens is 486 g/mol. The Morgan fingerprint density at radius 3 is 2.42 bits per heavy atom. The highest BCUT2D eigenvalue weighted by Gasteiger charge is 2.37. The number of ether oxygens (including phenoxy) is 1. The van der Waals surface area contributed by atoms with E-state index in [0.29, 0.717) is 40.2 Å². The SMILES string of the molecule is CCC(C)(C)NC(=O)[C@@H](c1ccc(C)o1)N(C(=O)Cn1nnc2ccccc21)c1ccc(C(=O)OC)cc1. The third-order valence-electron chi connectivity index (χ3n) is 6.42. The maximum Gasteiger partial charge on any atom is 0.337 e. The number of nitrogens with zero attached hydrogens (tertiary/aromatic N) is 4. The molecule has 10 nitrogen and oxygen atoms in total. The fraction of sp³-hybridized carbons (Fsp3) is 0.321. The van der Waals surface area contributed by atoms with Crippen molar-refractivity contribution in [2.75, 3.05) is 12.0 Å². The van der Waals surface area contributed by atoms with E-state index in [1.54, 1.807) is 49.4 Å². The molecule has 0 aliphatic carbocycles. The number of esters is 1. The Labute approximate surface area is 220 Å². The minimum absolute atomic E-state index is 0.181. The van der Waals surface area contributed by atoms with E-state index >= 15 is 0 Å². The molecule has 1 N–H and O–H groups in total. The minimum atomic E-state index is -1.12. The Morgan fingerprint density at radius 2 is 1.79 bits per heavy atom. The molecule has 4 rings (SSSR count). The number of aryl methyl sites for hydroxylation is 1. The number of hydrogen-bond donors (Lipinski definition) is 1. The van der Waals surface area contributed by atoms with Crippen LogP contribution in [-0.2, 0) is 20.9 Å². The number of aromatic nitrogens is 3. The molecule has 2 aromatic carbocycles. The third kappa shape index (κ3) is 5.59. The van der Waals surface area contributed by atoms with Gasteiger partial charge in [0.05, 0.1) is 18.2 Å². The van der Waals surface area contributed by atoms with Gasteiger partial charge in [0, 0.05) is 11.2 Å². The van der Waals surface area contributed by atoms with E-state index in [1.807, 2.05) is 39.0 Å². The highest BCUT2D eigenvalue weighted by molar-refractivity contribution is 6.02. The molecule has 2 aromatic heterocycles. The number of para-hydroxylation sites is 1. The van der Waals surface area contributed by atoms with Gasteiger partial charge < -0.3 is 14.5 Å². The van der Waals surface area contributed by atoms with Gasteiger partial charge in [0.1, 0.15) is 23.6 Å². The van der Waals surface area contributed by atoms with Gasteiger partial charge in [-0.15, -0.1) is 5.10 Å². The molecule has 0 fully saturated rings. The molecule has 0 radical (unpaired) electrons. The van der Waals surface area contributed by atoms with E-state index < -0.39 is 29.4 Å². The van der Waals surface area contributed by atoms with Crippen LogP contribution in [0.3, 0.4) is 0 Å². The zero-order valence-electron chi connectivity index (χ0n) is 22.1. The van der Waals surface area contributed by atoms with Crippen molar-refractivity contribution in [3.63, 3.8) is 0 Å². The van der Waals surface area contributed by atoms with Crippen LogP contribution in [0.15, 0.2) is 65.1 Å². The predicted molar refractivity (Wildman–Crippen MR) is 141 cm³/mol. The molecule has 2 amide bonds. The standard InChI is InChI=1S/C28H31N5O5/c1-6-28(3,4)29-26(35)25(23-16-11-18(2)38-23)33(20-14-12-19(13-15-20)27(36)37-5)24(34)17-32-22-10-8-7-9-21(22)30-31-32/h7-16,25H,6,17H2,1-5H3,(H,29,35)/t25-/m1/s1. The van der Waals surface area contributed by atoms with Crippen molar-refractivity contribution in [2.45, 2.75) is 52.2 Å². The van der Waals surface area contributed by atoms with Crippen molar-refractivity contribution in [1.29, 1.82) is 0 Å². The first-order valence-corrected chi connectivity index (χ1v) is 12.3. The molecule has 10 heteroatoms. The molecule has 4 aromatic rings. The highest BCUT2D eigenvalue weighted by atomic mass is 16.5. The Morgan fingerprint density at radius 1 is 1.08 bits per heavy atom. The van der Waals surface area contributed by atoms with E-state index in [9.17, 15) is 14.4 Å². The summed E-state index contributed by atoms with van der Waals surface area (Å²) in [5.74, 6) is -0.428. The van der Waals surface area contributed by atoms with Crippen LogP contribution in [0.4, 0.5) is 5.69 Å².